The fourth-order valence-electron chi connectivity index (χ4n) is 4.69. The van der Waals surface area contributed by atoms with Crippen molar-refractivity contribution in [2.75, 3.05) is 20.3 Å². The van der Waals surface area contributed by atoms with Crippen molar-refractivity contribution in [3.8, 4) is 5.75 Å². The minimum atomic E-state index is -0.445. The second-order valence-corrected chi connectivity index (χ2v) is 9.34. The fourth-order valence-corrected chi connectivity index (χ4v) is 5.66. The van der Waals surface area contributed by atoms with Crippen LogP contribution >= 0.6 is 11.8 Å². The minimum Gasteiger partial charge on any atom is -0.497 e. The zero-order chi connectivity index (χ0) is 23.5. The third kappa shape index (κ3) is 4.67. The molecule has 4 rings (SSSR count). The van der Waals surface area contributed by atoms with Crippen LogP contribution in [-0.2, 0) is 14.3 Å². The lowest BCUT2D eigenvalue weighted by Crippen LogP contribution is -2.43. The molecule has 176 valence electrons. The number of piperidine rings is 1. The topological polar surface area (TPSA) is 71.4 Å². The monoisotopic (exact) mass is 469 g/mol. The van der Waals surface area contributed by atoms with Crippen LogP contribution in [0.5, 0.6) is 5.75 Å². The van der Waals surface area contributed by atoms with Gasteiger partial charge in [-0.15, -0.1) is 0 Å². The summed E-state index contributed by atoms with van der Waals surface area (Å²) >= 11 is 1.49. The molecule has 1 aromatic carbocycles. The lowest BCUT2D eigenvalue weighted by Gasteiger charge is -2.38. The van der Waals surface area contributed by atoms with Crippen molar-refractivity contribution in [3.63, 3.8) is 0 Å². The summed E-state index contributed by atoms with van der Waals surface area (Å²) in [7, 11) is 1.62. The molecule has 2 unspecified atom stereocenters. The molecule has 1 saturated heterocycles. The number of carbonyl (C=O) groups is 2. The quantitative estimate of drug-likeness (QED) is 0.566. The maximum Gasteiger partial charge on any atom is 0.338 e. The largest absolute Gasteiger partial charge is 0.497 e. The smallest absolute Gasteiger partial charge is 0.338 e. The fraction of sp³-hybridized carbons (Fsp3) is 0.480. The number of hydrogen-bond acceptors (Lipinski definition) is 7. The number of amidine groups is 1. The summed E-state index contributed by atoms with van der Waals surface area (Å²) in [6.45, 7) is 6.82. The van der Waals surface area contributed by atoms with Crippen molar-refractivity contribution in [2.45, 2.75) is 58.5 Å². The zero-order valence-corrected chi connectivity index (χ0v) is 20.5. The van der Waals surface area contributed by atoms with E-state index >= 15 is 0 Å². The lowest BCUT2D eigenvalue weighted by atomic mass is 9.93. The Kier molecular flexibility index (Phi) is 7.12. The van der Waals surface area contributed by atoms with E-state index in [1.807, 2.05) is 46.4 Å². The van der Waals surface area contributed by atoms with Crippen molar-refractivity contribution in [3.05, 3.63) is 52.2 Å². The van der Waals surface area contributed by atoms with E-state index in [2.05, 4.69) is 6.92 Å². The van der Waals surface area contributed by atoms with Crippen LogP contribution in [0.2, 0.25) is 0 Å². The summed E-state index contributed by atoms with van der Waals surface area (Å²) in [6.07, 6.45) is 3.52. The van der Waals surface area contributed by atoms with Gasteiger partial charge in [0.25, 0.3) is 0 Å². The number of likely N-dealkylation sites (tertiary alicyclic amines) is 1. The summed E-state index contributed by atoms with van der Waals surface area (Å²) in [6, 6.07) is 7.48. The molecule has 3 aliphatic heterocycles. The van der Waals surface area contributed by atoms with E-state index in [-0.39, 0.29) is 25.0 Å². The van der Waals surface area contributed by atoms with Crippen LogP contribution in [0.25, 0.3) is 0 Å². The molecule has 0 N–H and O–H groups in total. The van der Waals surface area contributed by atoms with Gasteiger partial charge in [0.15, 0.2) is 5.17 Å². The number of rotatable bonds is 6. The Bertz CT molecular complexity index is 1030. The highest BCUT2D eigenvalue weighted by molar-refractivity contribution is 8.16. The van der Waals surface area contributed by atoms with E-state index in [0.717, 1.165) is 42.2 Å². The Hall–Kier alpha value is -2.74. The van der Waals surface area contributed by atoms with E-state index in [1.54, 1.807) is 14.0 Å². The number of carbonyl (C=O) groups excluding carboxylic acids is 2. The number of thioether (sulfide) groups is 1. The molecule has 0 radical (unpaired) electrons. The Morgan fingerprint density at radius 2 is 2.09 bits per heavy atom. The maximum atomic E-state index is 13.3. The van der Waals surface area contributed by atoms with Crippen molar-refractivity contribution < 1.29 is 19.1 Å². The van der Waals surface area contributed by atoms with Gasteiger partial charge < -0.3 is 19.3 Å². The molecule has 33 heavy (non-hydrogen) atoms. The number of amides is 1. The van der Waals surface area contributed by atoms with Crippen LogP contribution in [0.3, 0.4) is 0 Å². The number of hydrogen-bond donors (Lipinski definition) is 0. The first-order valence-corrected chi connectivity index (χ1v) is 12.4. The van der Waals surface area contributed by atoms with Gasteiger partial charge in [0.1, 0.15) is 5.75 Å². The number of fused-ring (bicyclic) bond motifs is 1. The molecule has 1 amide bonds. The highest BCUT2D eigenvalue weighted by Gasteiger charge is 2.41. The Balaban J connectivity index is 1.70. The van der Waals surface area contributed by atoms with Gasteiger partial charge in [0.05, 0.1) is 37.4 Å². The highest BCUT2D eigenvalue weighted by Crippen LogP contribution is 2.45. The third-order valence-electron chi connectivity index (χ3n) is 6.36. The molecule has 0 aromatic heterocycles. The number of allylic oxidation sites excluding steroid dienone is 1. The second-order valence-electron chi connectivity index (χ2n) is 8.50. The molecule has 1 fully saturated rings. The summed E-state index contributed by atoms with van der Waals surface area (Å²) in [5, 5.41) is 2.75. The van der Waals surface area contributed by atoms with E-state index in [1.165, 1.54) is 11.8 Å². The second kappa shape index (κ2) is 10.0. The molecule has 0 aliphatic carbocycles. The number of aliphatic imine (C=N–C) groups is 1. The van der Waals surface area contributed by atoms with Gasteiger partial charge in [-0.1, -0.05) is 23.9 Å². The SMILES string of the molecule is CCOC(=O)C1=C(C)N=C2SC=C(CC(=O)N3CCCCC3C)N2C1c1cccc(OC)c1. The minimum absolute atomic E-state index is 0.114. The van der Waals surface area contributed by atoms with Gasteiger partial charge in [-0.3, -0.25) is 4.79 Å². The van der Waals surface area contributed by atoms with Crippen LogP contribution < -0.4 is 4.74 Å². The van der Waals surface area contributed by atoms with Crippen LogP contribution in [0.4, 0.5) is 0 Å². The summed E-state index contributed by atoms with van der Waals surface area (Å²) in [4.78, 5) is 35.0. The van der Waals surface area contributed by atoms with Crippen molar-refractivity contribution in [2.24, 2.45) is 4.99 Å². The van der Waals surface area contributed by atoms with Crippen molar-refractivity contribution in [1.82, 2.24) is 9.80 Å². The van der Waals surface area contributed by atoms with Gasteiger partial charge in [-0.2, -0.15) is 0 Å². The van der Waals surface area contributed by atoms with Gasteiger partial charge >= 0.3 is 5.97 Å². The predicted octanol–water partition coefficient (Wildman–Crippen LogP) is 4.62. The van der Waals surface area contributed by atoms with Crippen molar-refractivity contribution in [1.29, 1.82) is 0 Å². The molecule has 0 spiro atoms. The van der Waals surface area contributed by atoms with Gasteiger partial charge in [0, 0.05) is 18.3 Å². The number of nitrogens with zero attached hydrogens (tertiary/aromatic N) is 3. The molecule has 7 nitrogen and oxygen atoms in total. The van der Waals surface area contributed by atoms with Crippen molar-refractivity contribution >= 4 is 28.8 Å². The van der Waals surface area contributed by atoms with Crippen LogP contribution in [-0.4, -0.2) is 53.1 Å². The normalized spacial score (nSPS) is 22.5. The molecule has 1 aromatic rings. The molecule has 0 saturated carbocycles. The first kappa shape index (κ1) is 23.4. The van der Waals surface area contributed by atoms with Crippen LogP contribution in [0, 0.1) is 0 Å². The molecule has 8 heteroatoms. The van der Waals surface area contributed by atoms with E-state index in [0.29, 0.717) is 17.0 Å². The Labute approximate surface area is 199 Å². The van der Waals surface area contributed by atoms with Gasteiger partial charge in [-0.05, 0) is 63.1 Å². The Morgan fingerprint density at radius 1 is 1.27 bits per heavy atom. The average molecular weight is 470 g/mol. The summed E-state index contributed by atoms with van der Waals surface area (Å²) in [5.41, 5.74) is 2.85. The summed E-state index contributed by atoms with van der Waals surface area (Å²) < 4.78 is 10.9. The molecule has 3 heterocycles. The predicted molar refractivity (Wildman–Crippen MR) is 130 cm³/mol. The average Bonchev–Trinajstić information content (AvgIpc) is 3.20. The standard InChI is InChI=1S/C25H31N3O4S/c1-5-32-24(30)22-17(3)26-25-28(23(22)18-10-8-11-20(13-18)31-4)19(15-33-25)14-21(29)27-12-7-6-9-16(27)2/h8,10-11,13,15-16,23H,5-7,9,12,14H2,1-4H3. The van der Waals surface area contributed by atoms with E-state index in [4.69, 9.17) is 14.5 Å². The number of esters is 1. The molecular weight excluding hydrogens is 438 g/mol. The number of methoxy groups -OCH3 is 1. The molecular formula is C25H31N3O4S. The van der Waals surface area contributed by atoms with Crippen LogP contribution in [0.15, 0.2) is 51.6 Å². The van der Waals surface area contributed by atoms with E-state index < -0.39 is 12.0 Å². The first-order valence-electron chi connectivity index (χ1n) is 11.5. The number of benzene rings is 1. The lowest BCUT2D eigenvalue weighted by molar-refractivity contribution is -0.139. The van der Waals surface area contributed by atoms with Crippen LogP contribution in [0.1, 0.15) is 58.1 Å². The highest BCUT2D eigenvalue weighted by atomic mass is 32.2. The van der Waals surface area contributed by atoms with E-state index in [9.17, 15) is 9.59 Å². The Morgan fingerprint density at radius 3 is 2.82 bits per heavy atom. The zero-order valence-electron chi connectivity index (χ0n) is 19.7. The maximum absolute atomic E-state index is 13.3. The molecule has 0 bridgehead atoms. The summed E-state index contributed by atoms with van der Waals surface area (Å²) in [5.74, 6) is 0.425. The number of ether oxygens (including phenoxy) is 2. The van der Waals surface area contributed by atoms with Gasteiger partial charge in [0.2, 0.25) is 5.91 Å². The third-order valence-corrected chi connectivity index (χ3v) is 7.25. The van der Waals surface area contributed by atoms with Gasteiger partial charge in [-0.25, -0.2) is 9.79 Å². The molecule has 2 atom stereocenters. The molecule has 3 aliphatic rings. The first-order chi connectivity index (χ1) is 15.9.